The van der Waals surface area contributed by atoms with Crippen LogP contribution in [0.5, 0.6) is 0 Å². The summed E-state index contributed by atoms with van der Waals surface area (Å²) >= 11 is 5.91. The average molecular weight is 451 g/mol. The molecule has 0 radical (unpaired) electrons. The number of nitrogens with one attached hydrogen (secondary N) is 1. The number of allylic oxidation sites excluding steroid dienone is 1. The Labute approximate surface area is 191 Å². The highest BCUT2D eigenvalue weighted by Gasteiger charge is 2.37. The van der Waals surface area contributed by atoms with E-state index in [4.69, 9.17) is 11.6 Å². The molecule has 2 unspecified atom stereocenters. The molecule has 1 amide bonds. The highest BCUT2D eigenvalue weighted by Crippen LogP contribution is 2.37. The van der Waals surface area contributed by atoms with Crippen LogP contribution in [0.2, 0.25) is 5.02 Å². The van der Waals surface area contributed by atoms with Gasteiger partial charge in [0.15, 0.2) is 5.82 Å². The fraction of sp³-hybridized carbons (Fsp3) is 0.625. The van der Waals surface area contributed by atoms with Gasteiger partial charge < -0.3 is 15.1 Å². The molecule has 1 saturated heterocycles. The van der Waals surface area contributed by atoms with Crippen molar-refractivity contribution in [2.45, 2.75) is 40.2 Å². The van der Waals surface area contributed by atoms with Crippen molar-refractivity contribution in [3.8, 4) is 0 Å². The van der Waals surface area contributed by atoms with E-state index in [1.54, 1.807) is 18.2 Å². The van der Waals surface area contributed by atoms with Crippen molar-refractivity contribution in [1.82, 2.24) is 15.1 Å². The van der Waals surface area contributed by atoms with Gasteiger partial charge in [0.25, 0.3) is 0 Å². The van der Waals surface area contributed by atoms with E-state index < -0.39 is 0 Å². The van der Waals surface area contributed by atoms with Crippen LogP contribution in [0, 0.1) is 17.2 Å². The molecule has 5 nitrogen and oxygen atoms in total. The lowest BCUT2D eigenvalue weighted by Crippen LogP contribution is -2.47. The zero-order valence-corrected chi connectivity index (χ0v) is 20.2. The second-order valence-corrected chi connectivity index (χ2v) is 10.1. The molecule has 1 aromatic rings. The first-order valence-corrected chi connectivity index (χ1v) is 11.6. The van der Waals surface area contributed by atoms with E-state index >= 15 is 0 Å². The molecule has 0 aromatic heterocycles. The molecule has 31 heavy (non-hydrogen) atoms. The standard InChI is InChI=1S/C24H36ClFN4O/c1-17-18(16-21(28(17)5)24(2,3)4)23(31)27-10-7-11-29-12-14-30(15-13-29)20-9-6-8-19(25)22(20)26/h6,8-9,16-18H,7,10-15H2,1-5H3,(H,27,31). The molecule has 1 N–H and O–H groups in total. The van der Waals surface area contributed by atoms with Gasteiger partial charge >= 0.3 is 0 Å². The minimum Gasteiger partial charge on any atom is -0.374 e. The predicted molar refractivity (Wildman–Crippen MR) is 126 cm³/mol. The summed E-state index contributed by atoms with van der Waals surface area (Å²) in [6, 6.07) is 5.33. The Morgan fingerprint density at radius 2 is 1.90 bits per heavy atom. The largest absolute Gasteiger partial charge is 0.374 e. The fourth-order valence-electron chi connectivity index (χ4n) is 4.54. The van der Waals surface area contributed by atoms with Crippen LogP contribution in [0.1, 0.15) is 34.1 Å². The zero-order valence-electron chi connectivity index (χ0n) is 19.4. The van der Waals surface area contributed by atoms with Crippen LogP contribution in [0.15, 0.2) is 30.0 Å². The molecule has 0 saturated carbocycles. The topological polar surface area (TPSA) is 38.8 Å². The van der Waals surface area contributed by atoms with Crippen LogP contribution in [0.25, 0.3) is 0 Å². The van der Waals surface area contributed by atoms with Gasteiger partial charge in [-0.05, 0) is 32.0 Å². The van der Waals surface area contributed by atoms with E-state index in [1.165, 1.54) is 5.70 Å². The smallest absolute Gasteiger partial charge is 0.229 e. The second kappa shape index (κ2) is 9.78. The van der Waals surface area contributed by atoms with Crippen molar-refractivity contribution < 1.29 is 9.18 Å². The Kier molecular flexibility index (Phi) is 7.53. The molecule has 2 atom stereocenters. The Morgan fingerprint density at radius 3 is 2.52 bits per heavy atom. The maximum absolute atomic E-state index is 14.2. The van der Waals surface area contributed by atoms with Crippen LogP contribution >= 0.6 is 11.6 Å². The number of hydrogen-bond acceptors (Lipinski definition) is 4. The number of nitrogens with zero attached hydrogens (tertiary/aromatic N) is 3. The molecule has 0 spiro atoms. The molecule has 2 aliphatic heterocycles. The number of amides is 1. The molecule has 1 fully saturated rings. The summed E-state index contributed by atoms with van der Waals surface area (Å²) in [5, 5.41) is 3.29. The van der Waals surface area contributed by atoms with Crippen molar-refractivity contribution in [2.75, 3.05) is 51.2 Å². The van der Waals surface area contributed by atoms with Crippen molar-refractivity contribution >= 4 is 23.2 Å². The number of piperazine rings is 1. The van der Waals surface area contributed by atoms with E-state index in [1.807, 2.05) is 0 Å². The van der Waals surface area contributed by atoms with Crippen LogP contribution in [0.3, 0.4) is 0 Å². The van der Waals surface area contributed by atoms with E-state index in [0.29, 0.717) is 12.2 Å². The molecule has 0 bridgehead atoms. The molecule has 3 rings (SSSR count). The molecule has 0 aliphatic carbocycles. The number of carbonyl (C=O) groups is 1. The SMILES string of the molecule is CC1C(C(=O)NCCCN2CCN(c3cccc(Cl)c3F)CC2)C=C(C(C)(C)C)N1C. The number of carbonyl (C=O) groups excluding carboxylic acids is 1. The van der Waals surface area contributed by atoms with Gasteiger partial charge in [-0.3, -0.25) is 9.69 Å². The summed E-state index contributed by atoms with van der Waals surface area (Å²) in [6.45, 7) is 13.6. The fourth-order valence-corrected chi connectivity index (χ4v) is 4.71. The molecular formula is C24H36ClFN4O. The van der Waals surface area contributed by atoms with E-state index in [2.05, 4.69) is 60.8 Å². The van der Waals surface area contributed by atoms with Gasteiger partial charge in [-0.2, -0.15) is 0 Å². The number of rotatable bonds is 6. The second-order valence-electron chi connectivity index (χ2n) is 9.73. The maximum atomic E-state index is 14.2. The summed E-state index contributed by atoms with van der Waals surface area (Å²) in [4.78, 5) is 19.4. The normalized spacial score (nSPS) is 22.6. The minimum atomic E-state index is -0.337. The van der Waals surface area contributed by atoms with Gasteiger partial charge in [0.2, 0.25) is 5.91 Å². The van der Waals surface area contributed by atoms with Crippen LogP contribution < -0.4 is 10.2 Å². The maximum Gasteiger partial charge on any atom is 0.229 e. The number of hydrogen-bond donors (Lipinski definition) is 1. The Balaban J connectivity index is 1.40. The first-order chi connectivity index (χ1) is 14.6. The first kappa shape index (κ1) is 23.9. The molecule has 172 valence electrons. The van der Waals surface area contributed by atoms with Crippen molar-refractivity contribution in [1.29, 1.82) is 0 Å². The molecular weight excluding hydrogens is 415 g/mol. The molecule has 2 aliphatic rings. The first-order valence-electron chi connectivity index (χ1n) is 11.2. The van der Waals surface area contributed by atoms with Gasteiger partial charge in [-0.25, -0.2) is 4.39 Å². The van der Waals surface area contributed by atoms with E-state index in [-0.39, 0.29) is 34.1 Å². The monoisotopic (exact) mass is 450 g/mol. The molecule has 7 heteroatoms. The van der Waals surface area contributed by atoms with Crippen LogP contribution in [-0.2, 0) is 4.79 Å². The third-order valence-electron chi connectivity index (χ3n) is 6.51. The molecule has 1 aromatic carbocycles. The lowest BCUT2D eigenvalue weighted by atomic mass is 9.91. The number of benzene rings is 1. The van der Waals surface area contributed by atoms with Crippen molar-refractivity contribution in [3.05, 3.63) is 40.8 Å². The van der Waals surface area contributed by atoms with Crippen LogP contribution in [-0.4, -0.2) is 68.1 Å². The number of halogens is 2. The van der Waals surface area contributed by atoms with Crippen molar-refractivity contribution in [3.63, 3.8) is 0 Å². The highest BCUT2D eigenvalue weighted by molar-refractivity contribution is 6.31. The van der Waals surface area contributed by atoms with Gasteiger partial charge in [-0.15, -0.1) is 0 Å². The van der Waals surface area contributed by atoms with Crippen molar-refractivity contribution in [2.24, 2.45) is 11.3 Å². The van der Waals surface area contributed by atoms with Gasteiger partial charge in [-0.1, -0.05) is 44.5 Å². The number of anilines is 1. The minimum absolute atomic E-state index is 0.0359. The Hall–Kier alpha value is -1.79. The third kappa shape index (κ3) is 5.53. The summed E-state index contributed by atoms with van der Waals surface area (Å²) < 4.78 is 14.2. The summed E-state index contributed by atoms with van der Waals surface area (Å²) in [7, 11) is 2.07. The Morgan fingerprint density at radius 1 is 1.23 bits per heavy atom. The summed E-state index contributed by atoms with van der Waals surface area (Å²) in [5.41, 5.74) is 1.85. The summed E-state index contributed by atoms with van der Waals surface area (Å²) in [5.74, 6) is -0.328. The Bertz CT molecular complexity index is 814. The average Bonchev–Trinajstić information content (AvgIpc) is 3.03. The third-order valence-corrected chi connectivity index (χ3v) is 6.81. The molecule has 2 heterocycles. The van der Waals surface area contributed by atoms with E-state index in [0.717, 1.165) is 39.1 Å². The van der Waals surface area contributed by atoms with Gasteiger partial charge in [0.05, 0.1) is 16.6 Å². The zero-order chi connectivity index (χ0) is 22.8. The predicted octanol–water partition coefficient (Wildman–Crippen LogP) is 3.99. The van der Waals surface area contributed by atoms with E-state index in [9.17, 15) is 9.18 Å². The highest BCUT2D eigenvalue weighted by atomic mass is 35.5. The quantitative estimate of drug-likeness (QED) is 0.665. The van der Waals surface area contributed by atoms with Gasteiger partial charge in [0.1, 0.15) is 0 Å². The van der Waals surface area contributed by atoms with Crippen LogP contribution in [0.4, 0.5) is 10.1 Å². The van der Waals surface area contributed by atoms with Gasteiger partial charge in [0, 0.05) is 56.9 Å². The lowest BCUT2D eigenvalue weighted by molar-refractivity contribution is -0.124. The lowest BCUT2D eigenvalue weighted by Gasteiger charge is -2.36. The summed E-state index contributed by atoms with van der Waals surface area (Å²) in [6.07, 6.45) is 3.04.